The third-order valence-electron chi connectivity index (χ3n) is 2.42. The maximum atomic E-state index is 11.6. The Balaban J connectivity index is 2.63. The van der Waals surface area contributed by atoms with Gasteiger partial charge in [-0.05, 0) is 19.1 Å². The van der Waals surface area contributed by atoms with Crippen molar-refractivity contribution in [2.75, 3.05) is 19.0 Å². The zero-order chi connectivity index (χ0) is 15.3. The highest BCUT2D eigenvalue weighted by atomic mass is 79.9. The normalized spacial score (nSPS) is 13.2. The number of amides is 2. The van der Waals surface area contributed by atoms with Gasteiger partial charge in [-0.25, -0.2) is 9.59 Å². The predicted molar refractivity (Wildman–Crippen MR) is 76.0 cm³/mol. The van der Waals surface area contributed by atoms with Crippen molar-refractivity contribution in [2.45, 2.75) is 12.5 Å². The Labute approximate surface area is 124 Å². The van der Waals surface area contributed by atoms with Crippen molar-refractivity contribution in [3.63, 3.8) is 0 Å². The van der Waals surface area contributed by atoms with E-state index in [1.54, 1.807) is 18.2 Å². The first-order valence-corrected chi connectivity index (χ1v) is 6.39. The molecule has 0 aromatic heterocycles. The number of methoxy groups -OCH3 is 1. The maximum absolute atomic E-state index is 11.6. The number of carbonyl (C=O) groups is 2. The van der Waals surface area contributed by atoms with E-state index in [-0.39, 0.29) is 0 Å². The molecule has 0 saturated carbocycles. The highest BCUT2D eigenvalue weighted by Crippen LogP contribution is 2.24. The Hall–Kier alpha value is -1.80. The summed E-state index contributed by atoms with van der Waals surface area (Å²) in [5, 5.41) is 22.9. The Bertz CT molecular complexity index is 519. The molecule has 2 amide bonds. The highest BCUT2D eigenvalue weighted by molar-refractivity contribution is 9.10. The molecule has 0 aliphatic rings. The summed E-state index contributed by atoms with van der Waals surface area (Å²) in [7, 11) is 1.50. The number of aliphatic hydroxyl groups is 1. The standard InChI is InChI=1S/C12H15BrN2O5/c1-12(19,10(16)17)6-14-11(18)15-8-3-7(13)4-9(5-8)20-2/h3-5,19H,6H2,1-2H3,(H,16,17)(H2,14,15,18). The number of hydrogen-bond acceptors (Lipinski definition) is 4. The van der Waals surface area contributed by atoms with Crippen molar-refractivity contribution in [1.82, 2.24) is 5.32 Å². The van der Waals surface area contributed by atoms with Gasteiger partial charge in [-0.3, -0.25) is 0 Å². The summed E-state index contributed by atoms with van der Waals surface area (Å²) in [4.78, 5) is 22.3. The Morgan fingerprint density at radius 2 is 2.05 bits per heavy atom. The molecule has 110 valence electrons. The van der Waals surface area contributed by atoms with Crippen LogP contribution in [0.15, 0.2) is 22.7 Å². The molecule has 1 atom stereocenters. The lowest BCUT2D eigenvalue weighted by molar-refractivity contribution is -0.155. The minimum Gasteiger partial charge on any atom is -0.497 e. The lowest BCUT2D eigenvalue weighted by atomic mass is 10.1. The van der Waals surface area contributed by atoms with Crippen molar-refractivity contribution < 1.29 is 24.5 Å². The molecule has 7 nitrogen and oxygen atoms in total. The summed E-state index contributed by atoms with van der Waals surface area (Å²) in [6, 6.07) is 4.33. The van der Waals surface area contributed by atoms with Crippen LogP contribution in [0.2, 0.25) is 0 Å². The zero-order valence-electron chi connectivity index (χ0n) is 10.9. The van der Waals surface area contributed by atoms with Crippen LogP contribution in [0.4, 0.5) is 10.5 Å². The monoisotopic (exact) mass is 346 g/mol. The Kier molecular flexibility index (Phi) is 5.34. The van der Waals surface area contributed by atoms with Gasteiger partial charge in [0.05, 0.1) is 13.7 Å². The van der Waals surface area contributed by atoms with E-state index in [4.69, 9.17) is 9.84 Å². The van der Waals surface area contributed by atoms with Crippen LogP contribution in [0, 0.1) is 0 Å². The first-order valence-electron chi connectivity index (χ1n) is 5.60. The van der Waals surface area contributed by atoms with E-state index in [1.807, 2.05) is 0 Å². The zero-order valence-corrected chi connectivity index (χ0v) is 12.5. The second kappa shape index (κ2) is 6.58. The highest BCUT2D eigenvalue weighted by Gasteiger charge is 2.30. The van der Waals surface area contributed by atoms with E-state index in [1.165, 1.54) is 7.11 Å². The number of aliphatic carboxylic acids is 1. The van der Waals surface area contributed by atoms with E-state index in [9.17, 15) is 14.7 Å². The van der Waals surface area contributed by atoms with Gasteiger partial charge >= 0.3 is 12.0 Å². The second-order valence-electron chi connectivity index (χ2n) is 4.27. The van der Waals surface area contributed by atoms with E-state index in [2.05, 4.69) is 26.6 Å². The van der Waals surface area contributed by atoms with E-state index >= 15 is 0 Å². The van der Waals surface area contributed by atoms with Crippen molar-refractivity contribution in [3.8, 4) is 5.75 Å². The van der Waals surface area contributed by atoms with Gasteiger partial charge < -0.3 is 25.6 Å². The molecule has 1 aromatic rings. The van der Waals surface area contributed by atoms with Gasteiger partial charge in [-0.1, -0.05) is 15.9 Å². The van der Waals surface area contributed by atoms with Gasteiger partial charge in [0, 0.05) is 16.2 Å². The summed E-state index contributed by atoms with van der Waals surface area (Å²) < 4.78 is 5.76. The predicted octanol–water partition coefficient (Wildman–Crippen LogP) is 1.41. The molecule has 4 N–H and O–H groups in total. The van der Waals surface area contributed by atoms with Gasteiger partial charge in [0.2, 0.25) is 0 Å². The first-order chi connectivity index (χ1) is 9.24. The van der Waals surface area contributed by atoms with E-state index < -0.39 is 24.1 Å². The van der Waals surface area contributed by atoms with Crippen LogP contribution in [0.3, 0.4) is 0 Å². The van der Waals surface area contributed by atoms with Gasteiger partial charge in [0.25, 0.3) is 0 Å². The summed E-state index contributed by atoms with van der Waals surface area (Å²) in [6.45, 7) is 0.678. The molecule has 0 radical (unpaired) electrons. The molecular weight excluding hydrogens is 332 g/mol. The molecule has 0 spiro atoms. The molecule has 0 saturated heterocycles. The van der Waals surface area contributed by atoms with Gasteiger partial charge in [0.1, 0.15) is 5.75 Å². The van der Waals surface area contributed by atoms with Crippen molar-refractivity contribution in [2.24, 2.45) is 0 Å². The Morgan fingerprint density at radius 3 is 2.60 bits per heavy atom. The molecule has 0 fully saturated rings. The minimum absolute atomic E-state index is 0.417. The Morgan fingerprint density at radius 1 is 1.40 bits per heavy atom. The number of halogens is 1. The molecule has 1 unspecified atom stereocenters. The molecule has 1 aromatic carbocycles. The van der Waals surface area contributed by atoms with E-state index in [0.717, 1.165) is 6.92 Å². The number of hydrogen-bond donors (Lipinski definition) is 4. The number of nitrogens with one attached hydrogen (secondary N) is 2. The van der Waals surface area contributed by atoms with Gasteiger partial charge in [-0.15, -0.1) is 0 Å². The smallest absolute Gasteiger partial charge is 0.337 e. The summed E-state index contributed by atoms with van der Waals surface area (Å²) in [5.74, 6) is -0.867. The largest absolute Gasteiger partial charge is 0.497 e. The molecule has 0 heterocycles. The molecule has 0 aliphatic carbocycles. The van der Waals surface area contributed by atoms with Crippen LogP contribution in [0.25, 0.3) is 0 Å². The summed E-state index contributed by atoms with van der Waals surface area (Å²) >= 11 is 3.26. The van der Waals surface area contributed by atoms with Crippen molar-refractivity contribution in [3.05, 3.63) is 22.7 Å². The number of rotatable bonds is 5. The number of benzene rings is 1. The second-order valence-corrected chi connectivity index (χ2v) is 5.18. The topological polar surface area (TPSA) is 108 Å². The average Bonchev–Trinajstić information content (AvgIpc) is 2.35. The SMILES string of the molecule is COc1cc(Br)cc(NC(=O)NCC(C)(O)C(=O)O)c1. The molecule has 20 heavy (non-hydrogen) atoms. The number of urea groups is 1. The van der Waals surface area contributed by atoms with E-state index in [0.29, 0.717) is 15.9 Å². The number of carbonyl (C=O) groups excluding carboxylic acids is 1. The fraction of sp³-hybridized carbons (Fsp3) is 0.333. The average molecular weight is 347 g/mol. The van der Waals surface area contributed by atoms with Gasteiger partial charge in [-0.2, -0.15) is 0 Å². The molecule has 1 rings (SSSR count). The van der Waals surface area contributed by atoms with Crippen LogP contribution in [0.1, 0.15) is 6.92 Å². The first kappa shape index (κ1) is 16.3. The number of carboxylic acids is 1. The number of carboxylic acid groups (broad SMARTS) is 1. The molecule has 0 aliphatic heterocycles. The fourth-order valence-electron chi connectivity index (χ4n) is 1.26. The lowest BCUT2D eigenvalue weighted by Gasteiger charge is -2.18. The van der Waals surface area contributed by atoms with Crippen LogP contribution in [0.5, 0.6) is 5.75 Å². The maximum Gasteiger partial charge on any atom is 0.337 e. The molecule has 0 bridgehead atoms. The van der Waals surface area contributed by atoms with Crippen molar-refractivity contribution in [1.29, 1.82) is 0 Å². The van der Waals surface area contributed by atoms with Crippen molar-refractivity contribution >= 4 is 33.6 Å². The third-order valence-corrected chi connectivity index (χ3v) is 2.88. The van der Waals surface area contributed by atoms with Crippen LogP contribution >= 0.6 is 15.9 Å². The number of anilines is 1. The molecular formula is C12H15BrN2O5. The number of ether oxygens (including phenoxy) is 1. The summed E-state index contributed by atoms with van der Waals surface area (Å²) in [5.41, 5.74) is -1.56. The summed E-state index contributed by atoms with van der Waals surface area (Å²) in [6.07, 6.45) is 0. The molecule has 8 heteroatoms. The van der Waals surface area contributed by atoms with Gasteiger partial charge in [0.15, 0.2) is 5.60 Å². The third kappa shape index (κ3) is 4.71. The minimum atomic E-state index is -2.02. The quantitative estimate of drug-likeness (QED) is 0.644. The van der Waals surface area contributed by atoms with Crippen LogP contribution < -0.4 is 15.4 Å². The lowest BCUT2D eigenvalue weighted by Crippen LogP contribution is -2.47. The van der Waals surface area contributed by atoms with Crippen LogP contribution in [-0.2, 0) is 4.79 Å². The fourth-order valence-corrected chi connectivity index (χ4v) is 1.73. The van der Waals surface area contributed by atoms with Crippen LogP contribution in [-0.4, -0.2) is 41.5 Å².